The van der Waals surface area contributed by atoms with Gasteiger partial charge in [0.05, 0.1) is 17.0 Å². The lowest BCUT2D eigenvalue weighted by Crippen LogP contribution is -2.07. The van der Waals surface area contributed by atoms with Crippen molar-refractivity contribution in [2.24, 2.45) is 4.99 Å². The summed E-state index contributed by atoms with van der Waals surface area (Å²) in [5, 5.41) is 11.6. The van der Waals surface area contributed by atoms with Crippen LogP contribution < -0.4 is 0 Å². The number of nitrogens with zero attached hydrogens (tertiary/aromatic N) is 3. The highest BCUT2D eigenvalue weighted by molar-refractivity contribution is 6.31. The van der Waals surface area contributed by atoms with Crippen molar-refractivity contribution < 1.29 is 9.50 Å². The maximum Gasteiger partial charge on any atom is 0.145 e. The maximum absolute atomic E-state index is 14.0. The Morgan fingerprint density at radius 1 is 0.909 bits per heavy atom. The van der Waals surface area contributed by atoms with E-state index in [9.17, 15) is 9.50 Å². The Bertz CT molecular complexity index is 1410. The number of fused-ring (bicyclic) bond motifs is 1. The van der Waals surface area contributed by atoms with Gasteiger partial charge in [0.25, 0.3) is 0 Å². The van der Waals surface area contributed by atoms with Gasteiger partial charge in [-0.25, -0.2) is 14.4 Å². The van der Waals surface area contributed by atoms with E-state index in [2.05, 4.69) is 4.98 Å². The fraction of sp³-hybridized carbons (Fsp3) is 0.0370. The van der Waals surface area contributed by atoms with Gasteiger partial charge in [0.15, 0.2) is 0 Å². The second-order valence-corrected chi connectivity index (χ2v) is 7.94. The molecule has 0 bridgehead atoms. The summed E-state index contributed by atoms with van der Waals surface area (Å²) >= 11 is 6.33. The molecule has 5 aromatic rings. The molecule has 0 fully saturated rings. The van der Waals surface area contributed by atoms with Crippen molar-refractivity contribution in [1.29, 1.82) is 0 Å². The zero-order chi connectivity index (χ0) is 22.8. The Kier molecular flexibility index (Phi) is 5.73. The lowest BCUT2D eigenvalue weighted by atomic mass is 9.99. The Balaban J connectivity index is 1.76. The van der Waals surface area contributed by atoms with Crippen LogP contribution in [0.25, 0.3) is 5.65 Å². The molecule has 4 nitrogen and oxygen atoms in total. The van der Waals surface area contributed by atoms with Crippen LogP contribution in [0.5, 0.6) is 0 Å². The number of aromatic nitrogens is 2. The van der Waals surface area contributed by atoms with Crippen LogP contribution in [0.15, 0.2) is 109 Å². The van der Waals surface area contributed by atoms with Crippen LogP contribution in [-0.4, -0.2) is 20.2 Å². The number of aliphatic hydroxyl groups is 1. The topological polar surface area (TPSA) is 49.9 Å². The summed E-state index contributed by atoms with van der Waals surface area (Å²) in [4.78, 5) is 9.42. The van der Waals surface area contributed by atoms with Gasteiger partial charge < -0.3 is 9.51 Å². The normalized spacial score (nSPS) is 12.0. The highest BCUT2D eigenvalue weighted by Crippen LogP contribution is 2.37. The summed E-state index contributed by atoms with van der Waals surface area (Å²) in [6, 6.07) is 25.4. The van der Waals surface area contributed by atoms with Crippen LogP contribution in [0, 0.1) is 5.82 Å². The van der Waals surface area contributed by atoms with Crippen LogP contribution in [0.1, 0.15) is 28.4 Å². The number of pyridine rings is 1. The van der Waals surface area contributed by atoms with Crippen molar-refractivity contribution in [3.63, 3.8) is 0 Å². The molecule has 3 aromatic carbocycles. The molecule has 5 rings (SSSR count). The smallest absolute Gasteiger partial charge is 0.145 e. The van der Waals surface area contributed by atoms with Crippen molar-refractivity contribution in [2.75, 3.05) is 0 Å². The predicted molar refractivity (Wildman–Crippen MR) is 129 cm³/mol. The fourth-order valence-electron chi connectivity index (χ4n) is 3.84. The van der Waals surface area contributed by atoms with Crippen LogP contribution in [-0.2, 0) is 0 Å². The average Bonchev–Trinajstić information content (AvgIpc) is 3.33. The average molecular weight is 456 g/mol. The first kappa shape index (κ1) is 21.1. The predicted octanol–water partition coefficient (Wildman–Crippen LogP) is 6.38. The summed E-state index contributed by atoms with van der Waals surface area (Å²) in [5.74, 6) is -0.483. The van der Waals surface area contributed by atoms with E-state index in [-0.39, 0.29) is 10.6 Å². The number of aliphatic imine (C=N–C) groups is 1. The van der Waals surface area contributed by atoms with Gasteiger partial charge in [-0.05, 0) is 24.3 Å². The van der Waals surface area contributed by atoms with Gasteiger partial charge in [0, 0.05) is 40.3 Å². The third-order valence-corrected chi connectivity index (χ3v) is 5.78. The van der Waals surface area contributed by atoms with Crippen LogP contribution >= 0.6 is 11.6 Å². The van der Waals surface area contributed by atoms with E-state index < -0.39 is 11.9 Å². The van der Waals surface area contributed by atoms with Gasteiger partial charge in [0.2, 0.25) is 0 Å². The first-order valence-electron chi connectivity index (χ1n) is 10.4. The third-order valence-electron chi connectivity index (χ3n) is 5.43. The van der Waals surface area contributed by atoms with Gasteiger partial charge in [-0.1, -0.05) is 72.3 Å². The largest absolute Gasteiger partial charge is 0.383 e. The number of aliphatic hydroxyl groups excluding tert-OH is 1. The number of hydrogen-bond donors (Lipinski definition) is 1. The number of rotatable bonds is 5. The summed E-state index contributed by atoms with van der Waals surface area (Å²) in [6.07, 6.45) is 4.02. The Morgan fingerprint density at radius 3 is 2.24 bits per heavy atom. The second-order valence-electron chi connectivity index (χ2n) is 7.53. The Labute approximate surface area is 195 Å². The molecule has 0 saturated heterocycles. The van der Waals surface area contributed by atoms with E-state index in [4.69, 9.17) is 16.6 Å². The number of benzene rings is 3. The monoisotopic (exact) mass is 455 g/mol. The third kappa shape index (κ3) is 4.16. The molecule has 0 aliphatic heterocycles. The SMILES string of the molecule is OC(c1cc(F)ccc1Cl)c1c(N=C(c2ccccc2)c2ccccc2)ccn2ccnc12. The minimum Gasteiger partial charge on any atom is -0.383 e. The molecule has 1 unspecified atom stereocenters. The van der Waals surface area contributed by atoms with Gasteiger partial charge in [0.1, 0.15) is 17.6 Å². The number of imidazole rings is 1. The molecule has 0 amide bonds. The Hall–Kier alpha value is -3.80. The first-order valence-corrected chi connectivity index (χ1v) is 10.8. The Morgan fingerprint density at radius 2 is 1.58 bits per heavy atom. The van der Waals surface area contributed by atoms with Gasteiger partial charge >= 0.3 is 0 Å². The van der Waals surface area contributed by atoms with Crippen LogP contribution in [0.3, 0.4) is 0 Å². The molecule has 2 heterocycles. The lowest BCUT2D eigenvalue weighted by molar-refractivity contribution is 0.221. The van der Waals surface area contributed by atoms with Crippen molar-refractivity contribution in [1.82, 2.24) is 9.38 Å². The molecule has 0 spiro atoms. The summed E-state index contributed by atoms with van der Waals surface area (Å²) in [5.41, 5.74) is 4.33. The zero-order valence-corrected chi connectivity index (χ0v) is 18.2. The van der Waals surface area contributed by atoms with Gasteiger partial charge in [-0.2, -0.15) is 0 Å². The van der Waals surface area contributed by atoms with E-state index in [1.165, 1.54) is 18.2 Å². The zero-order valence-electron chi connectivity index (χ0n) is 17.4. The highest BCUT2D eigenvalue weighted by Gasteiger charge is 2.23. The first-order chi connectivity index (χ1) is 16.1. The van der Waals surface area contributed by atoms with E-state index in [0.717, 1.165) is 16.8 Å². The molecule has 162 valence electrons. The lowest BCUT2D eigenvalue weighted by Gasteiger charge is -2.17. The molecular formula is C27H19ClFN3O. The molecule has 6 heteroatoms. The molecule has 1 atom stereocenters. The van der Waals surface area contributed by atoms with E-state index in [0.29, 0.717) is 16.9 Å². The molecule has 0 aliphatic carbocycles. The maximum atomic E-state index is 14.0. The number of halogens is 2. The summed E-state index contributed by atoms with van der Waals surface area (Å²) in [7, 11) is 0. The molecular weight excluding hydrogens is 437 g/mol. The quantitative estimate of drug-likeness (QED) is 0.313. The summed E-state index contributed by atoms with van der Waals surface area (Å²) < 4.78 is 15.8. The van der Waals surface area contributed by atoms with E-state index in [1.54, 1.807) is 16.8 Å². The van der Waals surface area contributed by atoms with Crippen LogP contribution in [0.4, 0.5) is 10.1 Å². The standard InChI is InChI=1S/C27H19ClFN3O/c28-22-12-11-20(29)17-21(22)26(33)24-23(13-15-32-16-14-30-27(24)32)31-25(18-7-3-1-4-8-18)19-9-5-2-6-10-19/h1-17,26,33H. The summed E-state index contributed by atoms with van der Waals surface area (Å²) in [6.45, 7) is 0. The molecule has 33 heavy (non-hydrogen) atoms. The van der Waals surface area contributed by atoms with Gasteiger partial charge in [-0.15, -0.1) is 0 Å². The second kappa shape index (κ2) is 8.98. The van der Waals surface area contributed by atoms with Crippen LogP contribution in [0.2, 0.25) is 5.02 Å². The molecule has 0 aliphatic rings. The van der Waals surface area contributed by atoms with E-state index in [1.807, 2.05) is 72.9 Å². The van der Waals surface area contributed by atoms with Crippen molar-refractivity contribution in [2.45, 2.75) is 6.10 Å². The molecule has 0 saturated carbocycles. The van der Waals surface area contributed by atoms with Crippen molar-refractivity contribution >= 4 is 28.6 Å². The number of hydrogen-bond acceptors (Lipinski definition) is 3. The fourth-order valence-corrected chi connectivity index (χ4v) is 4.07. The van der Waals surface area contributed by atoms with E-state index >= 15 is 0 Å². The van der Waals surface area contributed by atoms with Crippen molar-refractivity contribution in [3.05, 3.63) is 137 Å². The van der Waals surface area contributed by atoms with Gasteiger partial charge in [-0.3, -0.25) is 0 Å². The molecule has 2 aromatic heterocycles. The van der Waals surface area contributed by atoms with Crippen molar-refractivity contribution in [3.8, 4) is 0 Å². The minimum absolute atomic E-state index is 0.255. The molecule has 0 radical (unpaired) electrons. The highest BCUT2D eigenvalue weighted by atomic mass is 35.5. The minimum atomic E-state index is -1.23. The molecule has 1 N–H and O–H groups in total.